The van der Waals surface area contributed by atoms with Gasteiger partial charge >= 0.3 is 17.9 Å². The molecule has 1 atom stereocenters. The number of hydrogen-bond donors (Lipinski definition) is 0. The van der Waals surface area contributed by atoms with E-state index in [0.717, 1.165) is 63.7 Å². The van der Waals surface area contributed by atoms with E-state index in [-0.39, 0.29) is 31.1 Å². The minimum absolute atomic E-state index is 0.0619. The standard InChI is InChI=1S/C61H118O6/c1-5-7-9-11-13-15-17-19-21-23-25-27-28-30-32-36-40-44-48-52-59(62)65-55-58(56-66-60(63)53-49-45-41-38-34-35-39-43-47-51-57(3)4)67-61(64)54-50-46-42-37-33-31-29-26-24-22-20-18-16-14-12-10-8-6-2/h57-58H,5-56H2,1-4H3/t58-/m1/s1. The molecule has 0 unspecified atom stereocenters. The average molecular weight is 948 g/mol. The van der Waals surface area contributed by atoms with Crippen LogP contribution in [0.1, 0.15) is 349 Å². The van der Waals surface area contributed by atoms with E-state index in [1.54, 1.807) is 0 Å². The molecule has 0 N–H and O–H groups in total. The molecule has 0 radical (unpaired) electrons. The van der Waals surface area contributed by atoms with Gasteiger partial charge in [-0.25, -0.2) is 0 Å². The van der Waals surface area contributed by atoms with Crippen LogP contribution in [0.5, 0.6) is 0 Å². The summed E-state index contributed by atoms with van der Waals surface area (Å²) >= 11 is 0. The van der Waals surface area contributed by atoms with Crippen LogP contribution >= 0.6 is 0 Å². The predicted octanol–water partition coefficient (Wildman–Crippen LogP) is 20.2. The third-order valence-corrected chi connectivity index (χ3v) is 14.0. The van der Waals surface area contributed by atoms with Crippen LogP contribution in [0.4, 0.5) is 0 Å². The SMILES string of the molecule is CCCCCCCCCCCCCCCCCCCCCC(=O)OC[C@H](COC(=O)CCCCCCCCCCCC(C)C)OC(=O)CCCCCCCCCCCCCCCCCCCC. The van der Waals surface area contributed by atoms with Crippen LogP contribution in [0.3, 0.4) is 0 Å². The van der Waals surface area contributed by atoms with Crippen molar-refractivity contribution in [2.45, 2.75) is 355 Å². The smallest absolute Gasteiger partial charge is 0.306 e. The maximum Gasteiger partial charge on any atom is 0.306 e. The molecule has 6 nitrogen and oxygen atoms in total. The first-order chi connectivity index (χ1) is 32.9. The fraction of sp³-hybridized carbons (Fsp3) is 0.951. The van der Waals surface area contributed by atoms with E-state index in [1.165, 1.54) is 244 Å². The van der Waals surface area contributed by atoms with Gasteiger partial charge in [-0.05, 0) is 25.2 Å². The lowest BCUT2D eigenvalue weighted by atomic mass is 10.0. The lowest BCUT2D eigenvalue weighted by Gasteiger charge is -2.18. The van der Waals surface area contributed by atoms with Crippen molar-refractivity contribution in [2.75, 3.05) is 13.2 Å². The summed E-state index contributed by atoms with van der Waals surface area (Å²) in [6.07, 6.45) is 61.1. The molecule has 0 saturated heterocycles. The van der Waals surface area contributed by atoms with E-state index in [4.69, 9.17) is 14.2 Å². The van der Waals surface area contributed by atoms with Crippen molar-refractivity contribution in [1.29, 1.82) is 0 Å². The second-order valence-electron chi connectivity index (χ2n) is 21.5. The van der Waals surface area contributed by atoms with Gasteiger partial charge < -0.3 is 14.2 Å². The van der Waals surface area contributed by atoms with Crippen LogP contribution in [0, 0.1) is 5.92 Å². The Hall–Kier alpha value is -1.59. The molecule has 0 spiro atoms. The second kappa shape index (κ2) is 55.3. The summed E-state index contributed by atoms with van der Waals surface area (Å²) < 4.78 is 16.9. The van der Waals surface area contributed by atoms with Crippen molar-refractivity contribution in [3.05, 3.63) is 0 Å². The Bertz CT molecular complexity index is 1010. The Labute approximate surface area is 418 Å². The molecular formula is C61H118O6. The van der Waals surface area contributed by atoms with E-state index in [0.29, 0.717) is 19.3 Å². The maximum absolute atomic E-state index is 12.9. The predicted molar refractivity (Wildman–Crippen MR) is 289 cm³/mol. The average Bonchev–Trinajstić information content (AvgIpc) is 3.31. The van der Waals surface area contributed by atoms with E-state index >= 15 is 0 Å². The molecule has 67 heavy (non-hydrogen) atoms. The summed E-state index contributed by atoms with van der Waals surface area (Å²) in [7, 11) is 0. The molecule has 0 aliphatic carbocycles. The van der Waals surface area contributed by atoms with Crippen molar-refractivity contribution in [3.63, 3.8) is 0 Å². The molecule has 0 heterocycles. The third-order valence-electron chi connectivity index (χ3n) is 14.0. The first kappa shape index (κ1) is 65.4. The zero-order valence-corrected chi connectivity index (χ0v) is 45.9. The summed E-state index contributed by atoms with van der Waals surface area (Å²) in [5, 5.41) is 0. The Kier molecular flexibility index (Phi) is 54.0. The minimum atomic E-state index is -0.762. The molecule has 0 bridgehead atoms. The molecular weight excluding hydrogens is 829 g/mol. The van der Waals surface area contributed by atoms with Crippen LogP contribution < -0.4 is 0 Å². The lowest BCUT2D eigenvalue weighted by molar-refractivity contribution is -0.167. The van der Waals surface area contributed by atoms with Gasteiger partial charge in [-0.2, -0.15) is 0 Å². The number of carbonyl (C=O) groups is 3. The Morgan fingerprint density at radius 3 is 0.731 bits per heavy atom. The van der Waals surface area contributed by atoms with E-state index in [1.807, 2.05) is 0 Å². The quantitative estimate of drug-likeness (QED) is 0.0343. The highest BCUT2D eigenvalue weighted by atomic mass is 16.6. The number of carbonyl (C=O) groups excluding carboxylic acids is 3. The summed E-state index contributed by atoms with van der Waals surface area (Å²) in [4.78, 5) is 38.2. The van der Waals surface area contributed by atoms with Gasteiger partial charge in [0.25, 0.3) is 0 Å². The molecule has 0 aromatic heterocycles. The first-order valence-electron chi connectivity index (χ1n) is 30.4. The fourth-order valence-corrected chi connectivity index (χ4v) is 9.46. The van der Waals surface area contributed by atoms with Gasteiger partial charge in [-0.15, -0.1) is 0 Å². The van der Waals surface area contributed by atoms with Crippen molar-refractivity contribution >= 4 is 17.9 Å². The zero-order chi connectivity index (χ0) is 48.8. The van der Waals surface area contributed by atoms with Crippen molar-refractivity contribution in [2.24, 2.45) is 5.92 Å². The highest BCUT2D eigenvalue weighted by molar-refractivity contribution is 5.71. The number of hydrogen-bond acceptors (Lipinski definition) is 6. The summed E-state index contributed by atoms with van der Waals surface area (Å²) in [5.41, 5.74) is 0. The van der Waals surface area contributed by atoms with Gasteiger partial charge in [-0.3, -0.25) is 14.4 Å². The highest BCUT2D eigenvalue weighted by Crippen LogP contribution is 2.18. The van der Waals surface area contributed by atoms with Crippen LogP contribution in [-0.2, 0) is 28.6 Å². The normalized spacial score (nSPS) is 12.0. The van der Waals surface area contributed by atoms with Gasteiger partial charge in [0.2, 0.25) is 0 Å². The number of rotatable bonds is 56. The molecule has 0 aromatic carbocycles. The van der Waals surface area contributed by atoms with Gasteiger partial charge in [0.15, 0.2) is 6.10 Å². The van der Waals surface area contributed by atoms with Gasteiger partial charge in [0.1, 0.15) is 13.2 Å². The molecule has 0 aliphatic rings. The molecule has 0 fully saturated rings. The monoisotopic (exact) mass is 947 g/mol. The van der Waals surface area contributed by atoms with Crippen molar-refractivity contribution < 1.29 is 28.6 Å². The Morgan fingerprint density at radius 2 is 0.493 bits per heavy atom. The van der Waals surface area contributed by atoms with E-state index in [2.05, 4.69) is 27.7 Å². The van der Waals surface area contributed by atoms with E-state index in [9.17, 15) is 14.4 Å². The molecule has 6 heteroatoms. The van der Waals surface area contributed by atoms with Crippen LogP contribution in [0.2, 0.25) is 0 Å². The summed E-state index contributed by atoms with van der Waals surface area (Å²) in [5.74, 6) is -0.0258. The van der Waals surface area contributed by atoms with Gasteiger partial charge in [-0.1, -0.05) is 310 Å². The summed E-state index contributed by atoms with van der Waals surface area (Å²) in [6, 6.07) is 0. The van der Waals surface area contributed by atoms with Crippen molar-refractivity contribution in [3.8, 4) is 0 Å². The molecule has 0 aliphatic heterocycles. The highest BCUT2D eigenvalue weighted by Gasteiger charge is 2.19. The zero-order valence-electron chi connectivity index (χ0n) is 45.9. The van der Waals surface area contributed by atoms with E-state index < -0.39 is 6.10 Å². The van der Waals surface area contributed by atoms with Gasteiger partial charge in [0, 0.05) is 19.3 Å². The maximum atomic E-state index is 12.9. The number of unbranched alkanes of at least 4 members (excludes halogenated alkanes) is 43. The third kappa shape index (κ3) is 55.2. The minimum Gasteiger partial charge on any atom is -0.462 e. The largest absolute Gasteiger partial charge is 0.462 e. The molecule has 0 rings (SSSR count). The lowest BCUT2D eigenvalue weighted by Crippen LogP contribution is -2.30. The van der Waals surface area contributed by atoms with Crippen molar-refractivity contribution in [1.82, 2.24) is 0 Å². The molecule has 0 amide bonds. The topological polar surface area (TPSA) is 78.9 Å². The van der Waals surface area contributed by atoms with Crippen LogP contribution in [0.25, 0.3) is 0 Å². The first-order valence-corrected chi connectivity index (χ1v) is 30.4. The molecule has 0 saturated carbocycles. The Morgan fingerprint density at radius 1 is 0.284 bits per heavy atom. The molecule has 398 valence electrons. The number of esters is 3. The molecule has 0 aromatic rings. The van der Waals surface area contributed by atoms with Crippen LogP contribution in [0.15, 0.2) is 0 Å². The van der Waals surface area contributed by atoms with Crippen LogP contribution in [-0.4, -0.2) is 37.2 Å². The number of ether oxygens (including phenoxy) is 3. The summed E-state index contributed by atoms with van der Waals surface area (Å²) in [6.45, 7) is 9.05. The van der Waals surface area contributed by atoms with Gasteiger partial charge in [0.05, 0.1) is 0 Å². The Balaban J connectivity index is 4.25. The fourth-order valence-electron chi connectivity index (χ4n) is 9.46. The second-order valence-corrected chi connectivity index (χ2v) is 21.5.